The highest BCUT2D eigenvalue weighted by molar-refractivity contribution is 4.86. The van der Waals surface area contributed by atoms with Crippen LogP contribution in [0.3, 0.4) is 0 Å². The van der Waals surface area contributed by atoms with E-state index < -0.39 is 0 Å². The zero-order valence-corrected chi connectivity index (χ0v) is 9.12. The number of nitrogens with one attached hydrogen (secondary N) is 2. The Morgan fingerprint density at radius 1 is 1.47 bits per heavy atom. The van der Waals surface area contributed by atoms with E-state index >= 15 is 0 Å². The van der Waals surface area contributed by atoms with E-state index in [4.69, 9.17) is 0 Å². The molecule has 0 aliphatic carbocycles. The third-order valence-corrected chi connectivity index (χ3v) is 2.97. The Labute approximate surface area is 88.9 Å². The van der Waals surface area contributed by atoms with Crippen molar-refractivity contribution in [2.24, 2.45) is 5.92 Å². The van der Waals surface area contributed by atoms with Crippen molar-refractivity contribution in [1.82, 2.24) is 20.1 Å². The third-order valence-electron chi connectivity index (χ3n) is 2.97. The van der Waals surface area contributed by atoms with Gasteiger partial charge < -0.3 is 5.32 Å². The fourth-order valence-electron chi connectivity index (χ4n) is 2.07. The summed E-state index contributed by atoms with van der Waals surface area (Å²) in [6, 6.07) is 0. The van der Waals surface area contributed by atoms with Gasteiger partial charge in [-0.25, -0.2) is 9.48 Å². The predicted octanol–water partition coefficient (Wildman–Crippen LogP) is 0.133. The van der Waals surface area contributed by atoms with Crippen LogP contribution in [0.2, 0.25) is 0 Å². The van der Waals surface area contributed by atoms with E-state index in [1.54, 1.807) is 0 Å². The van der Waals surface area contributed by atoms with Gasteiger partial charge in [0.15, 0.2) is 0 Å². The summed E-state index contributed by atoms with van der Waals surface area (Å²) < 4.78 is 1.48. The highest BCUT2D eigenvalue weighted by atomic mass is 16.1. The van der Waals surface area contributed by atoms with Gasteiger partial charge in [-0.2, -0.15) is 5.10 Å². The van der Waals surface area contributed by atoms with Crippen molar-refractivity contribution in [2.45, 2.75) is 32.7 Å². The van der Waals surface area contributed by atoms with Crippen LogP contribution in [0, 0.1) is 5.92 Å². The molecule has 0 unspecified atom stereocenters. The second-order valence-electron chi connectivity index (χ2n) is 4.09. The fraction of sp³-hybridized carbons (Fsp3) is 0.800. The van der Waals surface area contributed by atoms with Gasteiger partial charge in [-0.05, 0) is 38.8 Å². The van der Waals surface area contributed by atoms with E-state index in [0.29, 0.717) is 12.5 Å². The smallest absolute Gasteiger partial charge is 0.317 e. The Kier molecular flexibility index (Phi) is 3.20. The van der Waals surface area contributed by atoms with Gasteiger partial charge in [-0.15, -0.1) is 0 Å². The van der Waals surface area contributed by atoms with Crippen LogP contribution < -0.4 is 11.0 Å². The molecule has 1 aliphatic heterocycles. The van der Waals surface area contributed by atoms with Crippen LogP contribution in [-0.2, 0) is 13.0 Å². The lowest BCUT2D eigenvalue weighted by Crippen LogP contribution is -2.28. The van der Waals surface area contributed by atoms with Crippen LogP contribution in [0.25, 0.3) is 0 Å². The van der Waals surface area contributed by atoms with E-state index in [1.807, 2.05) is 6.92 Å². The first-order valence-corrected chi connectivity index (χ1v) is 5.66. The molecule has 0 radical (unpaired) electrons. The first-order valence-electron chi connectivity index (χ1n) is 5.66. The molecule has 1 aliphatic rings. The first-order chi connectivity index (χ1) is 7.29. The number of aryl methyl sites for hydroxylation is 1. The molecule has 1 saturated heterocycles. The highest BCUT2D eigenvalue weighted by Crippen LogP contribution is 2.15. The zero-order chi connectivity index (χ0) is 10.7. The number of rotatable bonds is 3. The Bertz CT molecular complexity index is 362. The number of H-pyrrole nitrogens is 1. The molecule has 0 bridgehead atoms. The maximum Gasteiger partial charge on any atom is 0.343 e. The van der Waals surface area contributed by atoms with Gasteiger partial charge in [0.2, 0.25) is 0 Å². The largest absolute Gasteiger partial charge is 0.343 e. The van der Waals surface area contributed by atoms with Crippen LogP contribution >= 0.6 is 0 Å². The third kappa shape index (κ3) is 2.47. The summed E-state index contributed by atoms with van der Waals surface area (Å²) in [5, 5.41) is 7.58. The SMILES string of the molecule is CCn1nc(CC2CCNCC2)[nH]c1=O. The highest BCUT2D eigenvalue weighted by Gasteiger charge is 2.15. The van der Waals surface area contributed by atoms with E-state index in [2.05, 4.69) is 15.4 Å². The Hall–Kier alpha value is -1.10. The topological polar surface area (TPSA) is 62.7 Å². The summed E-state index contributed by atoms with van der Waals surface area (Å²) in [7, 11) is 0. The molecule has 0 spiro atoms. The molecule has 1 aromatic heterocycles. The predicted molar refractivity (Wildman–Crippen MR) is 57.8 cm³/mol. The molecule has 0 aromatic carbocycles. The van der Waals surface area contributed by atoms with Crippen molar-refractivity contribution in [3.05, 3.63) is 16.3 Å². The van der Waals surface area contributed by atoms with Gasteiger partial charge in [0.05, 0.1) is 0 Å². The van der Waals surface area contributed by atoms with E-state index in [1.165, 1.54) is 17.5 Å². The van der Waals surface area contributed by atoms with Crippen LogP contribution in [-0.4, -0.2) is 27.9 Å². The van der Waals surface area contributed by atoms with Crippen LogP contribution in [0.5, 0.6) is 0 Å². The van der Waals surface area contributed by atoms with Crippen molar-refractivity contribution >= 4 is 0 Å². The molecule has 5 nitrogen and oxygen atoms in total. The van der Waals surface area contributed by atoms with Gasteiger partial charge in [0.25, 0.3) is 0 Å². The molecule has 1 fully saturated rings. The Morgan fingerprint density at radius 2 is 2.20 bits per heavy atom. The molecule has 2 heterocycles. The molecule has 5 heteroatoms. The van der Waals surface area contributed by atoms with Gasteiger partial charge in [-0.1, -0.05) is 0 Å². The van der Waals surface area contributed by atoms with Crippen LogP contribution in [0.1, 0.15) is 25.6 Å². The summed E-state index contributed by atoms with van der Waals surface area (Å²) in [5.74, 6) is 1.51. The normalized spacial score (nSPS) is 18.2. The van der Waals surface area contributed by atoms with Crippen molar-refractivity contribution in [3.63, 3.8) is 0 Å². The van der Waals surface area contributed by atoms with E-state index in [9.17, 15) is 4.79 Å². The van der Waals surface area contributed by atoms with Crippen molar-refractivity contribution in [3.8, 4) is 0 Å². The summed E-state index contributed by atoms with van der Waals surface area (Å²) in [4.78, 5) is 14.2. The van der Waals surface area contributed by atoms with Gasteiger partial charge in [0.1, 0.15) is 5.82 Å². The molecule has 0 saturated carbocycles. The molecule has 2 rings (SSSR count). The Morgan fingerprint density at radius 3 is 2.80 bits per heavy atom. The molecule has 0 atom stereocenters. The summed E-state index contributed by atoms with van der Waals surface area (Å²) in [6.07, 6.45) is 3.27. The minimum Gasteiger partial charge on any atom is -0.317 e. The lowest BCUT2D eigenvalue weighted by Gasteiger charge is -2.21. The van der Waals surface area contributed by atoms with Gasteiger partial charge >= 0.3 is 5.69 Å². The number of hydrogen-bond acceptors (Lipinski definition) is 3. The average molecular weight is 210 g/mol. The standard InChI is InChI=1S/C10H18N4O/c1-2-14-10(15)12-9(13-14)7-8-3-5-11-6-4-8/h8,11H,2-7H2,1H3,(H,12,13,15). The van der Waals surface area contributed by atoms with Crippen LogP contribution in [0.4, 0.5) is 0 Å². The quantitative estimate of drug-likeness (QED) is 0.745. The summed E-state index contributed by atoms with van der Waals surface area (Å²) in [6.45, 7) is 4.74. The van der Waals surface area contributed by atoms with Gasteiger partial charge in [0, 0.05) is 13.0 Å². The van der Waals surface area contributed by atoms with E-state index in [0.717, 1.165) is 25.3 Å². The average Bonchev–Trinajstić information content (AvgIpc) is 2.60. The second kappa shape index (κ2) is 4.61. The molecule has 84 valence electrons. The molecule has 15 heavy (non-hydrogen) atoms. The maximum absolute atomic E-state index is 11.3. The van der Waals surface area contributed by atoms with E-state index in [-0.39, 0.29) is 5.69 Å². The van der Waals surface area contributed by atoms with Crippen molar-refractivity contribution in [1.29, 1.82) is 0 Å². The zero-order valence-electron chi connectivity index (χ0n) is 9.12. The number of aromatic nitrogens is 3. The molecule has 2 N–H and O–H groups in total. The summed E-state index contributed by atoms with van der Waals surface area (Å²) in [5.41, 5.74) is -0.0820. The maximum atomic E-state index is 11.3. The Balaban J connectivity index is 2.00. The first kappa shape index (κ1) is 10.4. The number of piperidine rings is 1. The lowest BCUT2D eigenvalue weighted by molar-refractivity contribution is 0.366. The fourth-order valence-corrected chi connectivity index (χ4v) is 2.07. The second-order valence-corrected chi connectivity index (χ2v) is 4.09. The van der Waals surface area contributed by atoms with Crippen molar-refractivity contribution < 1.29 is 0 Å². The molecule has 1 aromatic rings. The van der Waals surface area contributed by atoms with Gasteiger partial charge in [-0.3, -0.25) is 4.98 Å². The molecular formula is C10H18N4O. The lowest BCUT2D eigenvalue weighted by atomic mass is 9.94. The minimum absolute atomic E-state index is 0.0820. The summed E-state index contributed by atoms with van der Waals surface area (Å²) >= 11 is 0. The molecule has 0 amide bonds. The number of hydrogen-bond donors (Lipinski definition) is 2. The van der Waals surface area contributed by atoms with Crippen LogP contribution in [0.15, 0.2) is 4.79 Å². The monoisotopic (exact) mass is 210 g/mol. The van der Waals surface area contributed by atoms with Crippen molar-refractivity contribution in [2.75, 3.05) is 13.1 Å². The minimum atomic E-state index is -0.0820. The molecular weight excluding hydrogens is 192 g/mol. The number of aromatic amines is 1. The number of nitrogens with zero attached hydrogens (tertiary/aromatic N) is 2.